The number of rotatable bonds is 0. The van der Waals surface area contributed by atoms with Gasteiger partial charge in [-0.05, 0) is 39.7 Å². The molecule has 0 aromatic heterocycles. The summed E-state index contributed by atoms with van der Waals surface area (Å²) in [6, 6.07) is 0.823. The van der Waals surface area contributed by atoms with Gasteiger partial charge in [0.25, 0.3) is 0 Å². The molecule has 0 saturated carbocycles. The predicted octanol–water partition coefficient (Wildman–Crippen LogP) is 2.19. The summed E-state index contributed by atoms with van der Waals surface area (Å²) in [4.78, 5) is 2.64. The molecule has 0 spiro atoms. The smallest absolute Gasteiger partial charge is 0.0307 e. The highest BCUT2D eigenvalue weighted by molar-refractivity contribution is 5.21. The lowest BCUT2D eigenvalue weighted by Crippen LogP contribution is -2.35. The van der Waals surface area contributed by atoms with Crippen LogP contribution in [0.5, 0.6) is 0 Å². The highest BCUT2D eigenvalue weighted by Gasteiger charge is 2.29. The van der Waals surface area contributed by atoms with Gasteiger partial charge >= 0.3 is 0 Å². The normalized spacial score (nSPS) is 32.7. The molecule has 1 saturated heterocycles. The van der Waals surface area contributed by atoms with Crippen LogP contribution in [0.25, 0.3) is 0 Å². The average Bonchev–Trinajstić information content (AvgIpc) is 2.45. The molecule has 1 atom stereocenters. The molecule has 11 heavy (non-hydrogen) atoms. The molecule has 0 radical (unpaired) electrons. The van der Waals surface area contributed by atoms with Crippen molar-refractivity contribution < 1.29 is 0 Å². The molecule has 1 fully saturated rings. The van der Waals surface area contributed by atoms with Crippen molar-refractivity contribution >= 4 is 0 Å². The molecule has 2 aliphatic heterocycles. The van der Waals surface area contributed by atoms with Crippen molar-refractivity contribution in [1.29, 1.82) is 0 Å². The van der Waals surface area contributed by atoms with Gasteiger partial charge in [0, 0.05) is 12.6 Å². The van der Waals surface area contributed by atoms with Crippen molar-refractivity contribution in [3.05, 3.63) is 11.1 Å². The van der Waals surface area contributed by atoms with Gasteiger partial charge in [-0.2, -0.15) is 0 Å². The summed E-state index contributed by atoms with van der Waals surface area (Å²) < 4.78 is 0. The van der Waals surface area contributed by atoms with E-state index in [-0.39, 0.29) is 0 Å². The van der Waals surface area contributed by atoms with Gasteiger partial charge in [0.1, 0.15) is 0 Å². The van der Waals surface area contributed by atoms with Gasteiger partial charge in [0.15, 0.2) is 0 Å². The van der Waals surface area contributed by atoms with E-state index in [1.807, 2.05) is 0 Å². The molecule has 2 rings (SSSR count). The van der Waals surface area contributed by atoms with E-state index in [1.54, 1.807) is 11.1 Å². The highest BCUT2D eigenvalue weighted by atomic mass is 15.2. The van der Waals surface area contributed by atoms with Crippen molar-refractivity contribution in [2.45, 2.75) is 39.2 Å². The lowest BCUT2D eigenvalue weighted by Gasteiger charge is -2.31. The Morgan fingerprint density at radius 3 is 2.91 bits per heavy atom. The molecule has 0 aromatic carbocycles. The van der Waals surface area contributed by atoms with E-state index < -0.39 is 0 Å². The van der Waals surface area contributed by atoms with Crippen LogP contribution in [-0.4, -0.2) is 24.0 Å². The fraction of sp³-hybridized carbons (Fsp3) is 0.800. The largest absolute Gasteiger partial charge is 0.296 e. The number of hydrogen-bond acceptors (Lipinski definition) is 1. The second-order valence-electron chi connectivity index (χ2n) is 3.91. The van der Waals surface area contributed by atoms with E-state index in [0.29, 0.717) is 0 Å². The second-order valence-corrected chi connectivity index (χ2v) is 3.91. The summed E-state index contributed by atoms with van der Waals surface area (Å²) >= 11 is 0. The predicted molar refractivity (Wildman–Crippen MR) is 47.6 cm³/mol. The fourth-order valence-corrected chi connectivity index (χ4v) is 2.38. The SMILES string of the molecule is CC1=C(C)C2CCCN2CC1. The molecule has 2 heterocycles. The van der Waals surface area contributed by atoms with Crippen LogP contribution >= 0.6 is 0 Å². The molecular formula is C10H17N. The number of nitrogens with zero attached hydrogens (tertiary/aromatic N) is 1. The first-order valence-corrected chi connectivity index (χ1v) is 4.69. The molecular weight excluding hydrogens is 134 g/mol. The lowest BCUT2D eigenvalue weighted by molar-refractivity contribution is 0.267. The third-order valence-electron chi connectivity index (χ3n) is 3.31. The molecule has 0 aromatic rings. The van der Waals surface area contributed by atoms with Gasteiger partial charge in [-0.1, -0.05) is 11.1 Å². The first-order valence-electron chi connectivity index (χ1n) is 4.69. The first kappa shape index (κ1) is 7.35. The first-order chi connectivity index (χ1) is 5.29. The van der Waals surface area contributed by atoms with Crippen molar-refractivity contribution in [2.24, 2.45) is 0 Å². The van der Waals surface area contributed by atoms with Gasteiger partial charge in [0.2, 0.25) is 0 Å². The maximum Gasteiger partial charge on any atom is 0.0307 e. The van der Waals surface area contributed by atoms with Crippen LogP contribution in [0.2, 0.25) is 0 Å². The van der Waals surface area contributed by atoms with E-state index in [9.17, 15) is 0 Å². The van der Waals surface area contributed by atoms with E-state index in [0.717, 1.165) is 6.04 Å². The Balaban J connectivity index is 2.23. The zero-order valence-corrected chi connectivity index (χ0v) is 7.56. The van der Waals surface area contributed by atoms with Crippen molar-refractivity contribution in [1.82, 2.24) is 4.90 Å². The molecule has 0 bridgehead atoms. The standard InChI is InChI=1S/C10H17N/c1-8-5-7-11-6-3-4-10(11)9(8)2/h10H,3-7H2,1-2H3. The van der Waals surface area contributed by atoms with E-state index >= 15 is 0 Å². The van der Waals surface area contributed by atoms with Crippen LogP contribution in [0, 0.1) is 0 Å². The number of fused-ring (bicyclic) bond motifs is 1. The van der Waals surface area contributed by atoms with Crippen LogP contribution in [0.15, 0.2) is 11.1 Å². The average molecular weight is 151 g/mol. The summed E-state index contributed by atoms with van der Waals surface area (Å²) in [5, 5.41) is 0. The Hall–Kier alpha value is -0.300. The Morgan fingerprint density at radius 1 is 1.27 bits per heavy atom. The minimum Gasteiger partial charge on any atom is -0.296 e. The third kappa shape index (κ3) is 1.12. The van der Waals surface area contributed by atoms with Crippen LogP contribution in [0.3, 0.4) is 0 Å². The lowest BCUT2D eigenvalue weighted by atomic mass is 9.95. The zero-order chi connectivity index (χ0) is 7.84. The Bertz CT molecular complexity index is 193. The van der Waals surface area contributed by atoms with Gasteiger partial charge in [-0.25, -0.2) is 0 Å². The third-order valence-corrected chi connectivity index (χ3v) is 3.31. The summed E-state index contributed by atoms with van der Waals surface area (Å²) in [7, 11) is 0. The van der Waals surface area contributed by atoms with Crippen molar-refractivity contribution in [3.63, 3.8) is 0 Å². The summed E-state index contributed by atoms with van der Waals surface area (Å²) in [5.41, 5.74) is 3.31. The quantitative estimate of drug-likeness (QED) is 0.480. The summed E-state index contributed by atoms with van der Waals surface area (Å²) in [6.45, 7) is 7.27. The summed E-state index contributed by atoms with van der Waals surface area (Å²) in [6.07, 6.45) is 4.13. The van der Waals surface area contributed by atoms with Crippen molar-refractivity contribution in [3.8, 4) is 0 Å². The minimum absolute atomic E-state index is 0.823. The van der Waals surface area contributed by atoms with Crippen LogP contribution in [0.1, 0.15) is 33.1 Å². The minimum atomic E-state index is 0.823. The molecule has 1 unspecified atom stereocenters. The molecule has 0 aliphatic carbocycles. The molecule has 0 N–H and O–H groups in total. The van der Waals surface area contributed by atoms with Crippen LogP contribution in [-0.2, 0) is 0 Å². The van der Waals surface area contributed by atoms with Crippen LogP contribution in [0.4, 0.5) is 0 Å². The van der Waals surface area contributed by atoms with E-state index in [2.05, 4.69) is 18.7 Å². The molecule has 1 nitrogen and oxygen atoms in total. The summed E-state index contributed by atoms with van der Waals surface area (Å²) in [5.74, 6) is 0. The van der Waals surface area contributed by atoms with Gasteiger partial charge < -0.3 is 0 Å². The number of hydrogen-bond donors (Lipinski definition) is 0. The van der Waals surface area contributed by atoms with Gasteiger partial charge in [-0.15, -0.1) is 0 Å². The molecule has 0 amide bonds. The Morgan fingerprint density at radius 2 is 2.09 bits per heavy atom. The van der Waals surface area contributed by atoms with E-state index in [1.165, 1.54) is 32.4 Å². The van der Waals surface area contributed by atoms with Gasteiger partial charge in [-0.3, -0.25) is 4.90 Å². The monoisotopic (exact) mass is 151 g/mol. The highest BCUT2D eigenvalue weighted by Crippen LogP contribution is 2.30. The topological polar surface area (TPSA) is 3.24 Å². The fourth-order valence-electron chi connectivity index (χ4n) is 2.38. The van der Waals surface area contributed by atoms with Gasteiger partial charge in [0.05, 0.1) is 0 Å². The molecule has 62 valence electrons. The van der Waals surface area contributed by atoms with Crippen molar-refractivity contribution in [2.75, 3.05) is 13.1 Å². The molecule has 1 heteroatoms. The maximum atomic E-state index is 2.64. The Labute approximate surface area is 69.1 Å². The zero-order valence-electron chi connectivity index (χ0n) is 7.56. The molecule has 2 aliphatic rings. The van der Waals surface area contributed by atoms with Crippen LogP contribution < -0.4 is 0 Å². The Kier molecular flexibility index (Phi) is 1.76. The maximum absolute atomic E-state index is 2.64. The second kappa shape index (κ2) is 2.63. The van der Waals surface area contributed by atoms with E-state index in [4.69, 9.17) is 0 Å².